The second-order valence-electron chi connectivity index (χ2n) is 6.52. The molecule has 2 heterocycles. The predicted molar refractivity (Wildman–Crippen MR) is 93.2 cm³/mol. The second kappa shape index (κ2) is 6.61. The lowest BCUT2D eigenvalue weighted by Crippen LogP contribution is -2.33. The van der Waals surface area contributed by atoms with Crippen LogP contribution >= 0.6 is 0 Å². The van der Waals surface area contributed by atoms with Crippen LogP contribution in [-0.4, -0.2) is 21.2 Å². The Kier molecular flexibility index (Phi) is 4.28. The number of rotatable bonds is 3. The molecular formula is C20H18F3N3. The maximum atomic E-state index is 12.9. The van der Waals surface area contributed by atoms with E-state index < -0.39 is 11.7 Å². The van der Waals surface area contributed by atoms with E-state index in [1.54, 1.807) is 6.07 Å². The van der Waals surface area contributed by atoms with Gasteiger partial charge in [0.2, 0.25) is 0 Å². The topological polar surface area (TPSA) is 21.1 Å². The normalized spacial score (nSPS) is 15.0. The number of fused-ring (bicyclic) bond motifs is 1. The molecule has 0 fully saturated rings. The van der Waals surface area contributed by atoms with Crippen molar-refractivity contribution in [1.29, 1.82) is 0 Å². The fraction of sp³-hybridized carbons (Fsp3) is 0.250. The molecule has 0 saturated heterocycles. The molecule has 0 atom stereocenters. The van der Waals surface area contributed by atoms with Gasteiger partial charge >= 0.3 is 6.18 Å². The van der Waals surface area contributed by atoms with Gasteiger partial charge < -0.3 is 0 Å². The van der Waals surface area contributed by atoms with Crippen LogP contribution in [0.5, 0.6) is 0 Å². The lowest BCUT2D eigenvalue weighted by atomic mass is 10.1. The quantitative estimate of drug-likeness (QED) is 0.684. The Morgan fingerprint density at radius 3 is 2.50 bits per heavy atom. The smallest absolute Gasteiger partial charge is 0.291 e. The molecular weight excluding hydrogens is 339 g/mol. The lowest BCUT2D eigenvalue weighted by Gasteiger charge is -2.27. The summed E-state index contributed by atoms with van der Waals surface area (Å²) in [5.41, 5.74) is 2.72. The average molecular weight is 357 g/mol. The van der Waals surface area contributed by atoms with Gasteiger partial charge in [0.1, 0.15) is 0 Å². The first-order valence-electron chi connectivity index (χ1n) is 8.50. The summed E-state index contributed by atoms with van der Waals surface area (Å²) < 4.78 is 40.7. The molecule has 0 saturated carbocycles. The zero-order chi connectivity index (χ0) is 18.1. The summed E-state index contributed by atoms with van der Waals surface area (Å²) in [4.78, 5) is 2.32. The molecule has 1 aliphatic heterocycles. The largest absolute Gasteiger partial charge is 0.416 e. The highest BCUT2D eigenvalue weighted by atomic mass is 19.4. The molecule has 1 aliphatic rings. The highest BCUT2D eigenvalue weighted by molar-refractivity contribution is 5.60. The van der Waals surface area contributed by atoms with E-state index in [-0.39, 0.29) is 0 Å². The van der Waals surface area contributed by atoms with E-state index >= 15 is 0 Å². The Morgan fingerprint density at radius 1 is 0.923 bits per heavy atom. The highest BCUT2D eigenvalue weighted by Crippen LogP contribution is 2.32. The molecule has 26 heavy (non-hydrogen) atoms. The molecule has 0 N–H and O–H groups in total. The number of aromatic nitrogens is 2. The standard InChI is InChI=1S/C20H18F3N3/c21-20(22,23)17-8-4-7-16(11-17)19-12-18-14-25(9-10-26(18)24-19)13-15-5-2-1-3-6-15/h1-8,11-12H,9-10,13-14H2. The van der Waals surface area contributed by atoms with Crippen LogP contribution in [0.2, 0.25) is 0 Å². The van der Waals surface area contributed by atoms with Gasteiger partial charge in [-0.05, 0) is 23.8 Å². The molecule has 134 valence electrons. The van der Waals surface area contributed by atoms with Crippen molar-refractivity contribution in [3.63, 3.8) is 0 Å². The molecule has 2 aromatic carbocycles. The first-order chi connectivity index (χ1) is 12.5. The Balaban J connectivity index is 1.55. The molecule has 3 aromatic rings. The number of benzene rings is 2. The zero-order valence-electron chi connectivity index (χ0n) is 14.1. The summed E-state index contributed by atoms with van der Waals surface area (Å²) in [7, 11) is 0. The van der Waals surface area contributed by atoms with Crippen LogP contribution in [-0.2, 0) is 25.8 Å². The van der Waals surface area contributed by atoms with Gasteiger partial charge in [0.25, 0.3) is 0 Å². The number of halogens is 3. The average Bonchev–Trinajstić information content (AvgIpc) is 3.05. The minimum Gasteiger partial charge on any atom is -0.291 e. The Bertz CT molecular complexity index is 900. The summed E-state index contributed by atoms with van der Waals surface area (Å²) in [6, 6.07) is 17.5. The van der Waals surface area contributed by atoms with Gasteiger partial charge in [-0.1, -0.05) is 42.5 Å². The van der Waals surface area contributed by atoms with E-state index in [0.717, 1.165) is 44.0 Å². The van der Waals surface area contributed by atoms with Gasteiger partial charge in [-0.3, -0.25) is 9.58 Å². The summed E-state index contributed by atoms with van der Waals surface area (Å²) in [5.74, 6) is 0. The molecule has 0 amide bonds. The van der Waals surface area contributed by atoms with Crippen LogP contribution in [0.15, 0.2) is 60.7 Å². The molecule has 0 aliphatic carbocycles. The number of hydrogen-bond acceptors (Lipinski definition) is 2. The molecule has 0 radical (unpaired) electrons. The van der Waals surface area contributed by atoms with E-state index in [9.17, 15) is 13.2 Å². The molecule has 1 aromatic heterocycles. The monoisotopic (exact) mass is 357 g/mol. The minimum absolute atomic E-state index is 0.497. The number of alkyl halides is 3. The van der Waals surface area contributed by atoms with Gasteiger partial charge in [0.15, 0.2) is 0 Å². The van der Waals surface area contributed by atoms with Gasteiger partial charge in [-0.15, -0.1) is 0 Å². The van der Waals surface area contributed by atoms with Crippen LogP contribution < -0.4 is 0 Å². The molecule has 0 unspecified atom stereocenters. The third kappa shape index (κ3) is 3.51. The first kappa shape index (κ1) is 16.8. The lowest BCUT2D eigenvalue weighted by molar-refractivity contribution is -0.137. The third-order valence-corrected chi connectivity index (χ3v) is 4.61. The molecule has 4 rings (SSSR count). The predicted octanol–water partition coefficient (Wildman–Crippen LogP) is 4.58. The van der Waals surface area contributed by atoms with Crippen LogP contribution in [0.1, 0.15) is 16.8 Å². The van der Waals surface area contributed by atoms with E-state index in [0.29, 0.717) is 11.3 Å². The van der Waals surface area contributed by atoms with Crippen molar-refractivity contribution in [3.8, 4) is 11.3 Å². The minimum atomic E-state index is -4.35. The summed E-state index contributed by atoms with van der Waals surface area (Å²) >= 11 is 0. The number of nitrogens with zero attached hydrogens (tertiary/aromatic N) is 3. The summed E-state index contributed by atoms with van der Waals surface area (Å²) in [6.07, 6.45) is -4.35. The maximum Gasteiger partial charge on any atom is 0.416 e. The van der Waals surface area contributed by atoms with Gasteiger partial charge in [-0.25, -0.2) is 0 Å². The fourth-order valence-corrected chi connectivity index (χ4v) is 3.29. The zero-order valence-corrected chi connectivity index (χ0v) is 14.1. The van der Waals surface area contributed by atoms with E-state index in [2.05, 4.69) is 22.1 Å². The van der Waals surface area contributed by atoms with Crippen LogP contribution in [0, 0.1) is 0 Å². The van der Waals surface area contributed by atoms with Gasteiger partial charge in [0.05, 0.1) is 23.5 Å². The first-order valence-corrected chi connectivity index (χ1v) is 8.50. The van der Waals surface area contributed by atoms with Crippen LogP contribution in [0.3, 0.4) is 0 Å². The van der Waals surface area contributed by atoms with Crippen molar-refractivity contribution in [3.05, 3.63) is 77.5 Å². The SMILES string of the molecule is FC(F)(F)c1cccc(-c2cc3n(n2)CCN(Cc2ccccc2)C3)c1. The Morgan fingerprint density at radius 2 is 1.73 bits per heavy atom. The van der Waals surface area contributed by atoms with E-state index in [1.165, 1.54) is 11.6 Å². The van der Waals surface area contributed by atoms with Crippen molar-refractivity contribution in [1.82, 2.24) is 14.7 Å². The maximum absolute atomic E-state index is 12.9. The fourth-order valence-electron chi connectivity index (χ4n) is 3.29. The van der Waals surface area contributed by atoms with Crippen molar-refractivity contribution in [2.24, 2.45) is 0 Å². The highest BCUT2D eigenvalue weighted by Gasteiger charge is 2.30. The van der Waals surface area contributed by atoms with Gasteiger partial charge in [0, 0.05) is 25.2 Å². The second-order valence-corrected chi connectivity index (χ2v) is 6.52. The Labute approximate surface area is 149 Å². The third-order valence-electron chi connectivity index (χ3n) is 4.61. The van der Waals surface area contributed by atoms with Crippen LogP contribution in [0.25, 0.3) is 11.3 Å². The molecule has 0 spiro atoms. The van der Waals surface area contributed by atoms with Crippen molar-refractivity contribution >= 4 is 0 Å². The van der Waals surface area contributed by atoms with E-state index in [1.807, 2.05) is 28.9 Å². The van der Waals surface area contributed by atoms with Crippen molar-refractivity contribution in [2.45, 2.75) is 25.8 Å². The molecule has 0 bridgehead atoms. The summed E-state index contributed by atoms with van der Waals surface area (Å²) in [6.45, 7) is 3.19. The van der Waals surface area contributed by atoms with Crippen molar-refractivity contribution < 1.29 is 13.2 Å². The van der Waals surface area contributed by atoms with Crippen LogP contribution in [0.4, 0.5) is 13.2 Å². The van der Waals surface area contributed by atoms with Gasteiger partial charge in [-0.2, -0.15) is 18.3 Å². The number of hydrogen-bond donors (Lipinski definition) is 0. The summed E-state index contributed by atoms with van der Waals surface area (Å²) in [5, 5.41) is 4.51. The molecule has 3 nitrogen and oxygen atoms in total. The van der Waals surface area contributed by atoms with Crippen molar-refractivity contribution in [2.75, 3.05) is 6.54 Å². The Hall–Kier alpha value is -2.60. The molecule has 6 heteroatoms. The van der Waals surface area contributed by atoms with E-state index in [4.69, 9.17) is 0 Å².